The molecule has 0 N–H and O–H groups in total. The average Bonchev–Trinajstić information content (AvgIpc) is 3.32. The van der Waals surface area contributed by atoms with Gasteiger partial charge in [0.1, 0.15) is 11.2 Å². The molecule has 0 saturated carbocycles. The monoisotopic (exact) mass is 397 g/mol. The van der Waals surface area contributed by atoms with Crippen molar-refractivity contribution in [3.05, 3.63) is 52.1 Å². The maximum atomic E-state index is 13.1. The van der Waals surface area contributed by atoms with Gasteiger partial charge >= 0.3 is 0 Å². The molecule has 154 valence electrons. The van der Waals surface area contributed by atoms with E-state index in [0.29, 0.717) is 31.7 Å². The average molecular weight is 397 g/mol. The molecule has 2 aromatic rings. The van der Waals surface area contributed by atoms with Crippen molar-refractivity contribution >= 4 is 17.3 Å². The zero-order valence-corrected chi connectivity index (χ0v) is 17.0. The number of nitro groups is 1. The van der Waals surface area contributed by atoms with Crippen molar-refractivity contribution in [1.82, 2.24) is 14.5 Å². The van der Waals surface area contributed by atoms with E-state index in [1.807, 2.05) is 33.8 Å². The van der Waals surface area contributed by atoms with E-state index in [4.69, 9.17) is 4.98 Å². The molecule has 1 aromatic carbocycles. The summed E-state index contributed by atoms with van der Waals surface area (Å²) in [4.78, 5) is 33.1. The Balaban J connectivity index is 1.73. The highest BCUT2D eigenvalue weighted by Gasteiger charge is 2.51. The van der Waals surface area contributed by atoms with Gasteiger partial charge in [-0.25, -0.2) is 4.98 Å². The summed E-state index contributed by atoms with van der Waals surface area (Å²) in [6.45, 7) is 3.93. The van der Waals surface area contributed by atoms with Gasteiger partial charge < -0.3 is 14.4 Å². The predicted octanol–water partition coefficient (Wildman–Crippen LogP) is 3.01. The van der Waals surface area contributed by atoms with Gasteiger partial charge in [0, 0.05) is 51.3 Å². The number of carbonyl (C=O) groups is 1. The van der Waals surface area contributed by atoms with Gasteiger partial charge in [-0.1, -0.05) is 25.5 Å². The Morgan fingerprint density at radius 3 is 2.86 bits per heavy atom. The van der Waals surface area contributed by atoms with Crippen LogP contribution in [0.25, 0.3) is 0 Å². The van der Waals surface area contributed by atoms with E-state index < -0.39 is 5.54 Å². The highest BCUT2D eigenvalue weighted by atomic mass is 16.6. The minimum Gasteiger partial charge on any atom is -0.363 e. The van der Waals surface area contributed by atoms with Crippen LogP contribution in [0.1, 0.15) is 44.0 Å². The summed E-state index contributed by atoms with van der Waals surface area (Å²) in [6.07, 6.45) is 5.71. The van der Waals surface area contributed by atoms with Crippen LogP contribution in [0.4, 0.5) is 11.4 Å². The van der Waals surface area contributed by atoms with Crippen molar-refractivity contribution in [3.8, 4) is 0 Å². The number of nitrogens with zero attached hydrogens (tertiary/aromatic N) is 5. The largest absolute Gasteiger partial charge is 0.363 e. The van der Waals surface area contributed by atoms with Crippen LogP contribution in [0.15, 0.2) is 30.6 Å². The third-order valence-corrected chi connectivity index (χ3v) is 6.30. The van der Waals surface area contributed by atoms with Gasteiger partial charge in [-0.05, 0) is 18.9 Å². The van der Waals surface area contributed by atoms with Crippen molar-refractivity contribution in [1.29, 1.82) is 0 Å². The van der Waals surface area contributed by atoms with Crippen molar-refractivity contribution in [2.75, 3.05) is 24.5 Å². The summed E-state index contributed by atoms with van der Waals surface area (Å²) >= 11 is 0. The Bertz CT molecular complexity index is 940. The molecule has 8 nitrogen and oxygen atoms in total. The highest BCUT2D eigenvalue weighted by molar-refractivity contribution is 5.78. The number of anilines is 1. The SMILES string of the molecule is CCCCC(=O)N1CCc2c(ncn2C)C12CCN(c1ccccc1[N+](=O)[O-])C2. The maximum Gasteiger partial charge on any atom is 0.292 e. The Labute approximate surface area is 170 Å². The molecule has 0 bridgehead atoms. The van der Waals surface area contributed by atoms with E-state index in [-0.39, 0.29) is 16.5 Å². The molecule has 1 aromatic heterocycles. The van der Waals surface area contributed by atoms with E-state index in [1.54, 1.807) is 12.1 Å². The molecule has 0 aliphatic carbocycles. The lowest BCUT2D eigenvalue weighted by molar-refractivity contribution is -0.384. The van der Waals surface area contributed by atoms with Crippen molar-refractivity contribution in [3.63, 3.8) is 0 Å². The van der Waals surface area contributed by atoms with Crippen LogP contribution in [-0.2, 0) is 23.8 Å². The second kappa shape index (κ2) is 7.50. The number of aryl methyl sites for hydroxylation is 1. The lowest BCUT2D eigenvalue weighted by atomic mass is 9.85. The number of benzene rings is 1. The van der Waals surface area contributed by atoms with Crippen LogP contribution in [0.2, 0.25) is 0 Å². The smallest absolute Gasteiger partial charge is 0.292 e. The first-order valence-electron chi connectivity index (χ1n) is 10.3. The number of amides is 1. The minimum absolute atomic E-state index is 0.102. The number of hydrogen-bond donors (Lipinski definition) is 0. The van der Waals surface area contributed by atoms with E-state index in [0.717, 1.165) is 37.1 Å². The van der Waals surface area contributed by atoms with Crippen LogP contribution in [0.3, 0.4) is 0 Å². The second-order valence-corrected chi connectivity index (χ2v) is 8.00. The van der Waals surface area contributed by atoms with E-state index in [1.165, 1.54) is 6.07 Å². The zero-order valence-electron chi connectivity index (χ0n) is 17.0. The molecular formula is C21H27N5O3. The molecule has 3 heterocycles. The minimum atomic E-state index is -0.524. The molecule has 0 radical (unpaired) electrons. The lowest BCUT2D eigenvalue weighted by Crippen LogP contribution is -2.55. The van der Waals surface area contributed by atoms with Crippen LogP contribution in [0.5, 0.6) is 0 Å². The van der Waals surface area contributed by atoms with Gasteiger partial charge in [0.05, 0.1) is 16.9 Å². The van der Waals surface area contributed by atoms with E-state index >= 15 is 0 Å². The number of para-hydroxylation sites is 2. The van der Waals surface area contributed by atoms with Crippen molar-refractivity contribution < 1.29 is 9.72 Å². The fraction of sp³-hybridized carbons (Fsp3) is 0.524. The number of unbranched alkanes of at least 4 members (excludes halogenated alkanes) is 1. The Morgan fingerprint density at radius 2 is 2.10 bits per heavy atom. The number of fused-ring (bicyclic) bond motifs is 2. The van der Waals surface area contributed by atoms with Crippen LogP contribution in [0, 0.1) is 10.1 Å². The maximum absolute atomic E-state index is 13.1. The van der Waals surface area contributed by atoms with Crippen molar-refractivity contribution in [2.45, 2.75) is 44.6 Å². The van der Waals surface area contributed by atoms with Crippen LogP contribution in [-0.4, -0.2) is 44.9 Å². The van der Waals surface area contributed by atoms with Crippen molar-refractivity contribution in [2.24, 2.45) is 7.05 Å². The molecule has 8 heteroatoms. The summed E-state index contributed by atoms with van der Waals surface area (Å²) in [5.41, 5.74) is 2.30. The molecule has 1 fully saturated rings. The molecule has 1 atom stereocenters. The molecule has 2 aliphatic rings. The van der Waals surface area contributed by atoms with E-state index in [2.05, 4.69) is 6.92 Å². The first kappa shape index (κ1) is 19.4. The zero-order chi connectivity index (χ0) is 20.6. The van der Waals surface area contributed by atoms with Gasteiger partial charge in [0.15, 0.2) is 0 Å². The van der Waals surface area contributed by atoms with Gasteiger partial charge in [0.2, 0.25) is 5.91 Å². The number of carbonyl (C=O) groups excluding carboxylic acids is 1. The Morgan fingerprint density at radius 1 is 1.31 bits per heavy atom. The lowest BCUT2D eigenvalue weighted by Gasteiger charge is -2.44. The summed E-state index contributed by atoms with van der Waals surface area (Å²) in [7, 11) is 1.99. The van der Waals surface area contributed by atoms with Gasteiger partial charge in [-0.2, -0.15) is 0 Å². The number of aromatic nitrogens is 2. The third-order valence-electron chi connectivity index (χ3n) is 6.30. The number of hydrogen-bond acceptors (Lipinski definition) is 5. The summed E-state index contributed by atoms with van der Waals surface area (Å²) in [5, 5.41) is 11.5. The molecule has 1 unspecified atom stereocenters. The molecular weight excluding hydrogens is 370 g/mol. The molecule has 1 spiro atoms. The Kier molecular flexibility index (Phi) is 5.02. The van der Waals surface area contributed by atoms with Gasteiger partial charge in [-0.15, -0.1) is 0 Å². The normalized spacial score (nSPS) is 20.9. The fourth-order valence-corrected chi connectivity index (χ4v) is 4.82. The predicted molar refractivity (Wildman–Crippen MR) is 110 cm³/mol. The fourth-order valence-electron chi connectivity index (χ4n) is 4.82. The summed E-state index contributed by atoms with van der Waals surface area (Å²) < 4.78 is 2.04. The van der Waals surface area contributed by atoms with Gasteiger partial charge in [0.25, 0.3) is 5.69 Å². The molecule has 4 rings (SSSR count). The Hall–Kier alpha value is -2.90. The van der Waals surface area contributed by atoms with Crippen LogP contribution < -0.4 is 4.90 Å². The van der Waals surface area contributed by atoms with Crippen LogP contribution >= 0.6 is 0 Å². The summed E-state index contributed by atoms with van der Waals surface area (Å²) in [6, 6.07) is 6.84. The number of nitro benzene ring substituents is 1. The number of rotatable bonds is 5. The van der Waals surface area contributed by atoms with Gasteiger partial charge in [-0.3, -0.25) is 14.9 Å². The topological polar surface area (TPSA) is 84.5 Å². The first-order valence-corrected chi connectivity index (χ1v) is 10.3. The van der Waals surface area contributed by atoms with E-state index in [9.17, 15) is 14.9 Å². The first-order chi connectivity index (χ1) is 14.0. The molecule has 1 amide bonds. The summed E-state index contributed by atoms with van der Waals surface area (Å²) in [5.74, 6) is 0.160. The second-order valence-electron chi connectivity index (χ2n) is 8.00. The highest BCUT2D eigenvalue weighted by Crippen LogP contribution is 2.45. The molecule has 29 heavy (non-hydrogen) atoms. The number of imidazole rings is 1. The third kappa shape index (κ3) is 3.16. The molecule has 2 aliphatic heterocycles. The molecule has 1 saturated heterocycles. The quantitative estimate of drug-likeness (QED) is 0.572. The standard InChI is InChI=1S/C21H27N5O3/c1-3-4-9-19(27)25-12-10-18-20(22-15-23(18)2)21(25)11-13-24(14-21)16-7-5-6-8-17(16)26(28)29/h5-8,15H,3-4,9-14H2,1-2H3.